The second-order valence-electron chi connectivity index (χ2n) is 0.957. The largest absolute Gasteiger partial charge is 1.00 e. The van der Waals surface area contributed by atoms with Gasteiger partial charge in [-0.15, -0.1) is 0 Å². The van der Waals surface area contributed by atoms with Crippen LogP contribution in [0.4, 0.5) is 0 Å². The molecule has 0 nitrogen and oxygen atoms in total. The average molecular weight is 202 g/mol. The first-order valence-corrected chi connectivity index (χ1v) is 5.09. The van der Waals surface area contributed by atoms with E-state index < -0.39 is 0 Å². The third-order valence-corrected chi connectivity index (χ3v) is 2.60. The third-order valence-electron chi connectivity index (χ3n) is 0.500. The zero-order chi connectivity index (χ0) is 4.12. The van der Waals surface area contributed by atoms with Gasteiger partial charge in [-0.2, -0.15) is 0 Å². The van der Waals surface area contributed by atoms with E-state index in [1.807, 2.05) is 0 Å². The predicted molar refractivity (Wildman–Crippen MR) is 26.7 cm³/mol. The fourth-order valence-corrected chi connectivity index (χ4v) is 1.30. The summed E-state index contributed by atoms with van der Waals surface area (Å²) < 4.78 is 0. The van der Waals surface area contributed by atoms with E-state index in [1.54, 1.807) is 0 Å². The Morgan fingerprint density at radius 2 is 1.29 bits per heavy atom. The van der Waals surface area contributed by atoms with E-state index in [0.29, 0.717) is 15.4 Å². The maximum atomic E-state index is 2.27. The molecule has 0 saturated heterocycles. The van der Waals surface area contributed by atoms with E-state index >= 15 is 0 Å². The summed E-state index contributed by atoms with van der Waals surface area (Å²) in [6.07, 6.45) is 0. The number of hydrogen-bond donors (Lipinski definition) is 0. The summed E-state index contributed by atoms with van der Waals surface area (Å²) in [6, 6.07) is 0. The number of rotatable bonds is 2. The summed E-state index contributed by atoms with van der Waals surface area (Å²) in [5.74, 6) is 0. The molecule has 44 valence electrons. The average Bonchev–Trinajstić information content (AvgIpc) is 1.41. The minimum Gasteiger partial charge on any atom is -1.00 e. The van der Waals surface area contributed by atoms with Crippen LogP contribution in [0.2, 0.25) is 10.5 Å². The molecule has 0 saturated carbocycles. The van der Waals surface area contributed by atoms with Crippen molar-refractivity contribution in [2.24, 2.45) is 0 Å². The fourth-order valence-electron chi connectivity index (χ4n) is 0.250. The van der Waals surface area contributed by atoms with Crippen LogP contribution in [0.25, 0.3) is 0 Å². The van der Waals surface area contributed by atoms with Crippen molar-refractivity contribution in [3.05, 3.63) is 0 Å². The van der Waals surface area contributed by atoms with Crippen molar-refractivity contribution in [2.45, 2.75) is 24.4 Å². The molecule has 0 rings (SSSR count). The Morgan fingerprint density at radius 1 is 1.00 bits per heavy atom. The summed E-state index contributed by atoms with van der Waals surface area (Å²) in [6.45, 7) is 4.53. The van der Waals surface area contributed by atoms with Crippen molar-refractivity contribution in [2.75, 3.05) is 0 Å². The molecular weight excluding hydrogens is 192 g/mol. The predicted octanol–water partition coefficient (Wildman–Crippen LogP) is -4.42. The molecule has 0 atom stereocenters. The molecular formula is C4H10Cl2Ge. The van der Waals surface area contributed by atoms with Gasteiger partial charge in [0.1, 0.15) is 0 Å². The summed E-state index contributed by atoms with van der Waals surface area (Å²) in [5.41, 5.74) is 0. The Hall–Kier alpha value is 1.12. The van der Waals surface area contributed by atoms with Gasteiger partial charge in [0.25, 0.3) is 0 Å². The number of halogens is 2. The Labute approximate surface area is 64.7 Å². The zero-order valence-electron chi connectivity index (χ0n) is 4.67. The van der Waals surface area contributed by atoms with Gasteiger partial charge in [-0.05, 0) is 0 Å². The van der Waals surface area contributed by atoms with Crippen molar-refractivity contribution in [1.29, 1.82) is 0 Å². The Kier molecular flexibility index (Phi) is 35.2. The van der Waals surface area contributed by atoms with Crippen molar-refractivity contribution in [3.8, 4) is 0 Å². The molecule has 0 N–H and O–H groups in total. The van der Waals surface area contributed by atoms with Gasteiger partial charge < -0.3 is 24.8 Å². The smallest absolute Gasteiger partial charge is 1.00 e. The monoisotopic (exact) mass is 202 g/mol. The standard InChI is InChI=1S/C4H10Ge.2ClH/c1-3-5-4-2;;/h3-4H2,1-2H3;2*1H/q+2;;/p-2. The van der Waals surface area contributed by atoms with Crippen LogP contribution in [0.15, 0.2) is 0 Å². The molecule has 0 aromatic heterocycles. The molecule has 0 radical (unpaired) electrons. The second-order valence-corrected chi connectivity index (χ2v) is 4.97. The van der Waals surface area contributed by atoms with Gasteiger partial charge in [-0.3, -0.25) is 0 Å². The molecule has 0 aromatic carbocycles. The van der Waals surface area contributed by atoms with Crippen LogP contribution in [-0.2, 0) is 0 Å². The van der Waals surface area contributed by atoms with Crippen molar-refractivity contribution < 1.29 is 24.8 Å². The summed E-state index contributed by atoms with van der Waals surface area (Å²) >= 11 is 0.528. The van der Waals surface area contributed by atoms with Gasteiger partial charge in [-0.1, -0.05) is 0 Å². The fraction of sp³-hybridized carbons (Fsp3) is 1.00. The molecule has 0 aliphatic rings. The van der Waals surface area contributed by atoms with Crippen molar-refractivity contribution >= 4 is 15.4 Å². The third kappa shape index (κ3) is 19.2. The van der Waals surface area contributed by atoms with E-state index in [0.717, 1.165) is 0 Å². The van der Waals surface area contributed by atoms with Crippen LogP contribution < -0.4 is 24.8 Å². The van der Waals surface area contributed by atoms with E-state index in [4.69, 9.17) is 0 Å². The summed E-state index contributed by atoms with van der Waals surface area (Å²) in [4.78, 5) is 0. The molecule has 7 heavy (non-hydrogen) atoms. The summed E-state index contributed by atoms with van der Waals surface area (Å²) in [5, 5.41) is 2.94. The van der Waals surface area contributed by atoms with E-state index in [9.17, 15) is 0 Å². The quantitative estimate of drug-likeness (QED) is 0.396. The van der Waals surface area contributed by atoms with Crippen molar-refractivity contribution in [1.82, 2.24) is 0 Å². The van der Waals surface area contributed by atoms with E-state index in [1.165, 1.54) is 10.5 Å². The molecule has 0 spiro atoms. The SMILES string of the molecule is C[CH2][Ge+2][CH2]C.[Cl-].[Cl-]. The second kappa shape index (κ2) is 15.7. The van der Waals surface area contributed by atoms with Crippen LogP contribution in [0.3, 0.4) is 0 Å². The van der Waals surface area contributed by atoms with E-state index in [2.05, 4.69) is 13.8 Å². The summed E-state index contributed by atoms with van der Waals surface area (Å²) in [7, 11) is 0. The number of hydrogen-bond acceptors (Lipinski definition) is 0. The van der Waals surface area contributed by atoms with Gasteiger partial charge in [0.15, 0.2) is 0 Å². The zero-order valence-corrected chi connectivity index (χ0v) is 8.28. The van der Waals surface area contributed by atoms with Gasteiger partial charge in [0.2, 0.25) is 0 Å². The topological polar surface area (TPSA) is 0 Å². The molecule has 0 heterocycles. The van der Waals surface area contributed by atoms with Gasteiger partial charge in [0, 0.05) is 0 Å². The molecule has 0 aliphatic carbocycles. The molecule has 0 aliphatic heterocycles. The molecule has 0 unspecified atom stereocenters. The van der Waals surface area contributed by atoms with Crippen LogP contribution in [-0.4, -0.2) is 15.4 Å². The van der Waals surface area contributed by atoms with Crippen LogP contribution >= 0.6 is 0 Å². The molecule has 0 amide bonds. The van der Waals surface area contributed by atoms with Crippen LogP contribution in [0, 0.1) is 0 Å². The Bertz CT molecular complexity index is 17.2. The maximum absolute atomic E-state index is 2.27. The van der Waals surface area contributed by atoms with Crippen LogP contribution in [0.5, 0.6) is 0 Å². The first-order valence-electron chi connectivity index (χ1n) is 2.12. The van der Waals surface area contributed by atoms with Gasteiger partial charge in [0.05, 0.1) is 0 Å². The first kappa shape index (κ1) is 15.7. The van der Waals surface area contributed by atoms with Gasteiger partial charge in [-0.25, -0.2) is 0 Å². The molecule has 0 aromatic rings. The van der Waals surface area contributed by atoms with Crippen LogP contribution in [0.1, 0.15) is 13.8 Å². The normalized spacial score (nSPS) is 4.86. The molecule has 0 fully saturated rings. The van der Waals surface area contributed by atoms with E-state index in [-0.39, 0.29) is 24.8 Å². The molecule has 3 heteroatoms. The maximum Gasteiger partial charge on any atom is -1.00 e. The van der Waals surface area contributed by atoms with Gasteiger partial charge >= 0.3 is 39.8 Å². The minimum absolute atomic E-state index is 0. The Morgan fingerprint density at radius 3 is 1.29 bits per heavy atom. The molecule has 0 bridgehead atoms. The minimum atomic E-state index is 0. The first-order chi connectivity index (χ1) is 2.41. The Balaban J connectivity index is -0.0000000800. The van der Waals surface area contributed by atoms with Crippen molar-refractivity contribution in [3.63, 3.8) is 0 Å².